The molecule has 2 heteroatoms. The molecule has 1 aromatic carbocycles. The predicted octanol–water partition coefficient (Wildman–Crippen LogP) is 2.93. The van der Waals surface area contributed by atoms with Gasteiger partial charge in [-0.2, -0.15) is 0 Å². The van der Waals surface area contributed by atoms with Gasteiger partial charge in [-0.3, -0.25) is 0 Å². The summed E-state index contributed by atoms with van der Waals surface area (Å²) in [6, 6.07) is 8.35. The zero-order chi connectivity index (χ0) is 9.26. The number of rotatable bonds is 1. The fraction of sp³-hybridized carbons (Fsp3) is 0.455. The van der Waals surface area contributed by atoms with Gasteiger partial charge in [-0.15, -0.1) is 0 Å². The first-order chi connectivity index (χ1) is 6.29. The Balaban J connectivity index is 2.29. The Kier molecular flexibility index (Phi) is 2.56. The minimum absolute atomic E-state index is 0.305. The molecular weight excluding hydrogens is 182 g/mol. The van der Waals surface area contributed by atoms with Crippen LogP contribution in [-0.2, 0) is 0 Å². The smallest absolute Gasteiger partial charge is 0.0441 e. The van der Waals surface area contributed by atoms with Gasteiger partial charge in [0.15, 0.2) is 0 Å². The number of benzene rings is 1. The third-order valence-corrected chi connectivity index (χ3v) is 3.22. The highest BCUT2D eigenvalue weighted by Crippen LogP contribution is 2.36. The minimum atomic E-state index is 0.305. The first-order valence-corrected chi connectivity index (χ1v) is 5.17. The first-order valence-electron chi connectivity index (χ1n) is 4.79. The van der Waals surface area contributed by atoms with Crippen molar-refractivity contribution in [1.29, 1.82) is 0 Å². The maximum absolute atomic E-state index is 6.11. The summed E-state index contributed by atoms with van der Waals surface area (Å²) < 4.78 is 0. The molecule has 0 spiro atoms. The number of halogens is 1. The Morgan fingerprint density at radius 2 is 2.00 bits per heavy atom. The van der Waals surface area contributed by atoms with Crippen LogP contribution < -0.4 is 5.73 Å². The van der Waals surface area contributed by atoms with Crippen molar-refractivity contribution in [2.75, 3.05) is 0 Å². The summed E-state index contributed by atoms with van der Waals surface area (Å²) in [5, 5.41) is 0.866. The van der Waals surface area contributed by atoms with Gasteiger partial charge in [0.1, 0.15) is 0 Å². The van der Waals surface area contributed by atoms with Crippen molar-refractivity contribution in [3.63, 3.8) is 0 Å². The molecule has 0 bridgehead atoms. The van der Waals surface area contributed by atoms with E-state index in [1.807, 2.05) is 18.2 Å². The molecule has 0 heterocycles. The van der Waals surface area contributed by atoms with Gasteiger partial charge >= 0.3 is 0 Å². The molecule has 0 amide bonds. The molecule has 0 saturated heterocycles. The van der Waals surface area contributed by atoms with Gasteiger partial charge in [-0.05, 0) is 24.5 Å². The molecule has 1 saturated carbocycles. The molecule has 1 aliphatic rings. The molecule has 0 aromatic heterocycles. The Hall–Kier alpha value is -0.530. The van der Waals surface area contributed by atoms with Crippen LogP contribution in [0.2, 0.25) is 5.02 Å². The SMILES string of the molecule is N[C@H]1CCC[C@H]1c1ccccc1Cl. The van der Waals surface area contributed by atoms with Crippen molar-refractivity contribution in [1.82, 2.24) is 0 Å². The first kappa shape index (κ1) is 9.04. The van der Waals surface area contributed by atoms with E-state index in [1.54, 1.807) is 0 Å². The second-order valence-corrected chi connectivity index (χ2v) is 4.13. The van der Waals surface area contributed by atoms with E-state index in [9.17, 15) is 0 Å². The lowest BCUT2D eigenvalue weighted by Gasteiger charge is -2.16. The highest BCUT2D eigenvalue weighted by Gasteiger charge is 2.26. The van der Waals surface area contributed by atoms with Crippen LogP contribution in [0.15, 0.2) is 24.3 Å². The van der Waals surface area contributed by atoms with Crippen molar-refractivity contribution in [3.8, 4) is 0 Å². The van der Waals surface area contributed by atoms with Crippen LogP contribution in [0, 0.1) is 0 Å². The van der Waals surface area contributed by atoms with Crippen molar-refractivity contribution in [2.24, 2.45) is 5.73 Å². The van der Waals surface area contributed by atoms with Gasteiger partial charge in [0.25, 0.3) is 0 Å². The highest BCUT2D eigenvalue weighted by atomic mass is 35.5. The normalized spacial score (nSPS) is 27.8. The lowest BCUT2D eigenvalue weighted by atomic mass is 9.95. The summed E-state index contributed by atoms with van der Waals surface area (Å²) in [4.78, 5) is 0. The molecular formula is C11H14ClN. The molecule has 0 unspecified atom stereocenters. The van der Waals surface area contributed by atoms with Crippen LogP contribution in [0.1, 0.15) is 30.7 Å². The monoisotopic (exact) mass is 195 g/mol. The Bertz CT molecular complexity index is 298. The third-order valence-electron chi connectivity index (χ3n) is 2.87. The summed E-state index contributed by atoms with van der Waals surface area (Å²) in [5.41, 5.74) is 7.25. The zero-order valence-corrected chi connectivity index (χ0v) is 8.30. The molecule has 1 aliphatic carbocycles. The van der Waals surface area contributed by atoms with Crippen LogP contribution in [-0.4, -0.2) is 6.04 Å². The number of hydrogen-bond donors (Lipinski definition) is 1. The molecule has 13 heavy (non-hydrogen) atoms. The van der Waals surface area contributed by atoms with Gasteiger partial charge in [0.2, 0.25) is 0 Å². The van der Waals surface area contributed by atoms with Crippen molar-refractivity contribution >= 4 is 11.6 Å². The van der Waals surface area contributed by atoms with Crippen LogP contribution in [0.25, 0.3) is 0 Å². The summed E-state index contributed by atoms with van der Waals surface area (Å²) in [6.07, 6.45) is 3.55. The average Bonchev–Trinajstić information content (AvgIpc) is 2.52. The van der Waals surface area contributed by atoms with Crippen molar-refractivity contribution in [2.45, 2.75) is 31.2 Å². The summed E-state index contributed by atoms with van der Waals surface area (Å²) in [5.74, 6) is 0.480. The topological polar surface area (TPSA) is 26.0 Å². The van der Waals surface area contributed by atoms with Gasteiger partial charge in [-0.1, -0.05) is 36.2 Å². The maximum atomic E-state index is 6.11. The lowest BCUT2D eigenvalue weighted by Crippen LogP contribution is -2.22. The number of nitrogens with two attached hydrogens (primary N) is 1. The van der Waals surface area contributed by atoms with Gasteiger partial charge < -0.3 is 5.73 Å². The fourth-order valence-corrected chi connectivity index (χ4v) is 2.43. The van der Waals surface area contributed by atoms with E-state index in [0.29, 0.717) is 12.0 Å². The van der Waals surface area contributed by atoms with E-state index < -0.39 is 0 Å². The van der Waals surface area contributed by atoms with Crippen LogP contribution in [0.5, 0.6) is 0 Å². The second kappa shape index (κ2) is 3.69. The minimum Gasteiger partial charge on any atom is -0.327 e. The molecule has 1 nitrogen and oxygen atoms in total. The van der Waals surface area contributed by atoms with E-state index >= 15 is 0 Å². The largest absolute Gasteiger partial charge is 0.327 e. The third kappa shape index (κ3) is 1.72. The summed E-state index contributed by atoms with van der Waals surface area (Å²) >= 11 is 6.11. The van der Waals surface area contributed by atoms with Crippen LogP contribution >= 0.6 is 11.6 Å². The molecule has 1 fully saturated rings. The van der Waals surface area contributed by atoms with Crippen LogP contribution in [0.3, 0.4) is 0 Å². The van der Waals surface area contributed by atoms with E-state index in [2.05, 4.69) is 6.07 Å². The molecule has 70 valence electrons. The van der Waals surface area contributed by atoms with Gasteiger partial charge in [0, 0.05) is 17.0 Å². The number of hydrogen-bond acceptors (Lipinski definition) is 1. The molecule has 0 radical (unpaired) electrons. The lowest BCUT2D eigenvalue weighted by molar-refractivity contribution is 0.613. The Morgan fingerprint density at radius 1 is 1.23 bits per heavy atom. The maximum Gasteiger partial charge on any atom is 0.0441 e. The average molecular weight is 196 g/mol. The van der Waals surface area contributed by atoms with Crippen LogP contribution in [0.4, 0.5) is 0 Å². The van der Waals surface area contributed by atoms with E-state index in [0.717, 1.165) is 11.4 Å². The second-order valence-electron chi connectivity index (χ2n) is 3.72. The predicted molar refractivity (Wildman–Crippen MR) is 56.0 cm³/mol. The summed E-state index contributed by atoms with van der Waals surface area (Å²) in [7, 11) is 0. The quantitative estimate of drug-likeness (QED) is 0.733. The zero-order valence-electron chi connectivity index (χ0n) is 7.54. The standard InChI is InChI=1S/C11H14ClN/c12-10-6-2-1-4-8(10)9-5-3-7-11(9)13/h1-2,4,6,9,11H,3,5,7,13H2/t9-,11-/m0/s1. The molecule has 0 aliphatic heterocycles. The summed E-state index contributed by atoms with van der Waals surface area (Å²) in [6.45, 7) is 0. The van der Waals surface area contributed by atoms with E-state index in [4.69, 9.17) is 17.3 Å². The Morgan fingerprint density at radius 3 is 2.62 bits per heavy atom. The van der Waals surface area contributed by atoms with Gasteiger partial charge in [0.05, 0.1) is 0 Å². The molecule has 2 rings (SSSR count). The van der Waals surface area contributed by atoms with E-state index in [1.165, 1.54) is 18.4 Å². The Labute approximate surface area is 83.9 Å². The van der Waals surface area contributed by atoms with Crippen molar-refractivity contribution in [3.05, 3.63) is 34.9 Å². The molecule has 2 atom stereocenters. The van der Waals surface area contributed by atoms with Crippen molar-refractivity contribution < 1.29 is 0 Å². The molecule has 2 N–H and O–H groups in total. The van der Waals surface area contributed by atoms with E-state index in [-0.39, 0.29) is 0 Å². The highest BCUT2D eigenvalue weighted by molar-refractivity contribution is 6.31. The fourth-order valence-electron chi connectivity index (χ4n) is 2.15. The van der Waals surface area contributed by atoms with Gasteiger partial charge in [-0.25, -0.2) is 0 Å². The molecule has 1 aromatic rings.